The zero-order valence-electron chi connectivity index (χ0n) is 9.76. The van der Waals surface area contributed by atoms with Gasteiger partial charge in [-0.3, -0.25) is 0 Å². The van der Waals surface area contributed by atoms with Crippen LogP contribution in [0.4, 0.5) is 4.79 Å². The van der Waals surface area contributed by atoms with Gasteiger partial charge in [-0.25, -0.2) is 9.78 Å². The number of nitrogens with one attached hydrogen (secondary N) is 2. The second kappa shape index (κ2) is 6.24. The summed E-state index contributed by atoms with van der Waals surface area (Å²) in [6, 6.07) is -0.114. The number of imidazole rings is 1. The number of ether oxygens (including phenoxy) is 1. The standard InChI is InChI=1S/C11H18N4O2/c16-11(14-7-10-1-6-17-8-10)13-3-5-15-4-2-12-9-15/h2,4,9-10H,1,3,5-8H2,(H2,13,14,16). The molecule has 1 atom stereocenters. The van der Waals surface area contributed by atoms with Gasteiger partial charge in [-0.1, -0.05) is 0 Å². The lowest BCUT2D eigenvalue weighted by Gasteiger charge is -2.10. The van der Waals surface area contributed by atoms with Crippen molar-refractivity contribution in [2.45, 2.75) is 13.0 Å². The van der Waals surface area contributed by atoms with E-state index >= 15 is 0 Å². The van der Waals surface area contributed by atoms with Crippen molar-refractivity contribution >= 4 is 6.03 Å². The maximum atomic E-state index is 11.4. The van der Waals surface area contributed by atoms with Crippen LogP contribution in [0.5, 0.6) is 0 Å². The molecular weight excluding hydrogens is 220 g/mol. The maximum absolute atomic E-state index is 11.4. The number of nitrogens with zero attached hydrogens (tertiary/aromatic N) is 2. The second-order valence-corrected chi connectivity index (χ2v) is 4.17. The maximum Gasteiger partial charge on any atom is 0.314 e. The molecule has 1 unspecified atom stereocenters. The van der Waals surface area contributed by atoms with Crippen LogP contribution in [-0.4, -0.2) is 41.9 Å². The van der Waals surface area contributed by atoms with Crippen molar-refractivity contribution in [3.8, 4) is 0 Å². The van der Waals surface area contributed by atoms with E-state index in [9.17, 15) is 4.79 Å². The molecule has 2 heterocycles. The molecule has 6 heteroatoms. The van der Waals surface area contributed by atoms with Gasteiger partial charge in [0.05, 0.1) is 12.9 Å². The Kier molecular flexibility index (Phi) is 4.37. The van der Waals surface area contributed by atoms with Crippen LogP contribution in [0.3, 0.4) is 0 Å². The molecule has 94 valence electrons. The first-order valence-electron chi connectivity index (χ1n) is 5.90. The van der Waals surface area contributed by atoms with Crippen LogP contribution in [0.2, 0.25) is 0 Å². The van der Waals surface area contributed by atoms with Crippen LogP contribution in [0.25, 0.3) is 0 Å². The average molecular weight is 238 g/mol. The highest BCUT2D eigenvalue weighted by Gasteiger charge is 2.15. The van der Waals surface area contributed by atoms with E-state index in [-0.39, 0.29) is 6.03 Å². The van der Waals surface area contributed by atoms with Gasteiger partial charge in [0.2, 0.25) is 0 Å². The van der Waals surface area contributed by atoms with Crippen molar-refractivity contribution in [2.75, 3.05) is 26.3 Å². The Morgan fingerprint density at radius 2 is 2.47 bits per heavy atom. The quantitative estimate of drug-likeness (QED) is 0.771. The molecule has 0 radical (unpaired) electrons. The highest BCUT2D eigenvalue weighted by Crippen LogP contribution is 2.10. The largest absolute Gasteiger partial charge is 0.381 e. The molecule has 17 heavy (non-hydrogen) atoms. The Labute approximate surface area is 100 Å². The Hall–Kier alpha value is -1.56. The van der Waals surface area contributed by atoms with Gasteiger partial charge in [-0.2, -0.15) is 0 Å². The van der Waals surface area contributed by atoms with Crippen molar-refractivity contribution < 1.29 is 9.53 Å². The minimum atomic E-state index is -0.114. The lowest BCUT2D eigenvalue weighted by molar-refractivity contribution is 0.185. The van der Waals surface area contributed by atoms with Crippen LogP contribution in [-0.2, 0) is 11.3 Å². The van der Waals surface area contributed by atoms with Crippen molar-refractivity contribution in [1.82, 2.24) is 20.2 Å². The molecular formula is C11H18N4O2. The molecule has 0 aromatic carbocycles. The summed E-state index contributed by atoms with van der Waals surface area (Å²) in [5, 5.41) is 5.66. The zero-order chi connectivity index (χ0) is 11.9. The highest BCUT2D eigenvalue weighted by molar-refractivity contribution is 5.73. The van der Waals surface area contributed by atoms with Crippen LogP contribution in [0.1, 0.15) is 6.42 Å². The van der Waals surface area contributed by atoms with E-state index in [0.29, 0.717) is 19.0 Å². The van der Waals surface area contributed by atoms with Gasteiger partial charge < -0.3 is 19.9 Å². The van der Waals surface area contributed by atoms with Gasteiger partial charge >= 0.3 is 6.03 Å². The first-order chi connectivity index (χ1) is 8.34. The lowest BCUT2D eigenvalue weighted by Crippen LogP contribution is -2.39. The second-order valence-electron chi connectivity index (χ2n) is 4.17. The fraction of sp³-hybridized carbons (Fsp3) is 0.636. The molecule has 1 aromatic rings. The number of urea groups is 1. The van der Waals surface area contributed by atoms with Gasteiger partial charge in [0.15, 0.2) is 0 Å². The fourth-order valence-electron chi connectivity index (χ4n) is 1.76. The molecule has 2 rings (SSSR count). The fourth-order valence-corrected chi connectivity index (χ4v) is 1.76. The minimum Gasteiger partial charge on any atom is -0.381 e. The Morgan fingerprint density at radius 3 is 3.18 bits per heavy atom. The third-order valence-electron chi connectivity index (χ3n) is 2.79. The highest BCUT2D eigenvalue weighted by atomic mass is 16.5. The monoisotopic (exact) mass is 238 g/mol. The van der Waals surface area contributed by atoms with Crippen LogP contribution >= 0.6 is 0 Å². The Bertz CT molecular complexity index is 333. The molecule has 0 spiro atoms. The molecule has 1 fully saturated rings. The molecule has 1 aliphatic rings. The van der Waals surface area contributed by atoms with E-state index in [2.05, 4.69) is 15.6 Å². The number of rotatable bonds is 5. The van der Waals surface area contributed by atoms with Crippen LogP contribution < -0.4 is 10.6 Å². The summed E-state index contributed by atoms with van der Waals surface area (Å²) in [4.78, 5) is 15.4. The number of carbonyl (C=O) groups is 1. The summed E-state index contributed by atoms with van der Waals surface area (Å²) in [6.45, 7) is 3.60. The number of amides is 2. The summed E-state index contributed by atoms with van der Waals surface area (Å²) >= 11 is 0. The van der Waals surface area contributed by atoms with E-state index in [0.717, 1.165) is 26.2 Å². The van der Waals surface area contributed by atoms with Gasteiger partial charge in [-0.05, 0) is 6.42 Å². The molecule has 6 nitrogen and oxygen atoms in total. The van der Waals surface area contributed by atoms with Crippen molar-refractivity contribution in [1.29, 1.82) is 0 Å². The molecule has 1 aliphatic heterocycles. The third kappa shape index (κ3) is 4.07. The summed E-state index contributed by atoms with van der Waals surface area (Å²) in [6.07, 6.45) is 6.36. The van der Waals surface area contributed by atoms with E-state index in [1.807, 2.05) is 10.8 Å². The van der Waals surface area contributed by atoms with E-state index in [1.165, 1.54) is 0 Å². The summed E-state index contributed by atoms with van der Waals surface area (Å²) in [5.74, 6) is 0.467. The van der Waals surface area contributed by atoms with E-state index in [4.69, 9.17) is 4.74 Å². The third-order valence-corrected chi connectivity index (χ3v) is 2.79. The molecule has 2 amide bonds. The van der Waals surface area contributed by atoms with Crippen LogP contribution in [0.15, 0.2) is 18.7 Å². The topological polar surface area (TPSA) is 68.2 Å². The predicted octanol–water partition coefficient (Wildman–Crippen LogP) is 0.219. The normalized spacial score (nSPS) is 19.2. The van der Waals surface area contributed by atoms with Crippen molar-refractivity contribution in [2.24, 2.45) is 5.92 Å². The molecule has 1 saturated heterocycles. The first kappa shape index (κ1) is 11.9. The Morgan fingerprint density at radius 1 is 1.53 bits per heavy atom. The van der Waals surface area contributed by atoms with Crippen molar-refractivity contribution in [3.05, 3.63) is 18.7 Å². The van der Waals surface area contributed by atoms with Crippen LogP contribution in [0, 0.1) is 5.92 Å². The molecule has 2 N–H and O–H groups in total. The first-order valence-corrected chi connectivity index (χ1v) is 5.90. The molecule has 0 saturated carbocycles. The van der Waals surface area contributed by atoms with E-state index < -0.39 is 0 Å². The van der Waals surface area contributed by atoms with Crippen molar-refractivity contribution in [3.63, 3.8) is 0 Å². The van der Waals surface area contributed by atoms with Gasteiger partial charge in [-0.15, -0.1) is 0 Å². The van der Waals surface area contributed by atoms with Gasteiger partial charge in [0.25, 0.3) is 0 Å². The summed E-state index contributed by atoms with van der Waals surface area (Å²) in [7, 11) is 0. The molecule has 1 aromatic heterocycles. The number of aromatic nitrogens is 2. The summed E-state index contributed by atoms with van der Waals surface area (Å²) in [5.41, 5.74) is 0. The molecule has 0 aliphatic carbocycles. The average Bonchev–Trinajstić information content (AvgIpc) is 2.99. The van der Waals surface area contributed by atoms with Gasteiger partial charge in [0, 0.05) is 44.6 Å². The number of hydrogen-bond acceptors (Lipinski definition) is 3. The summed E-state index contributed by atoms with van der Waals surface area (Å²) < 4.78 is 7.16. The predicted molar refractivity (Wildman–Crippen MR) is 62.6 cm³/mol. The molecule has 0 bridgehead atoms. The number of carbonyl (C=O) groups excluding carboxylic acids is 1. The van der Waals surface area contributed by atoms with Gasteiger partial charge in [0.1, 0.15) is 0 Å². The minimum absolute atomic E-state index is 0.114. The lowest BCUT2D eigenvalue weighted by atomic mass is 10.1. The Balaban J connectivity index is 1.54. The smallest absolute Gasteiger partial charge is 0.314 e. The SMILES string of the molecule is O=C(NCCn1ccnc1)NCC1CCOC1. The zero-order valence-corrected chi connectivity index (χ0v) is 9.76. The van der Waals surface area contributed by atoms with E-state index in [1.54, 1.807) is 12.5 Å². The number of hydrogen-bond donors (Lipinski definition) is 2.